The molecule has 16 heavy (non-hydrogen) atoms. The fourth-order valence-corrected chi connectivity index (χ4v) is 1.33. The van der Waals surface area contributed by atoms with Gasteiger partial charge in [-0.15, -0.1) is 5.10 Å². The standard InChI is InChI=1S/C11H19N3O2/c1-5-8(3)7-9-12-10(13-14(9)4)11(15)16-6-2/h8H,5-7H2,1-4H3. The minimum absolute atomic E-state index is 0.155. The van der Waals surface area contributed by atoms with E-state index in [1.807, 2.05) is 0 Å². The average molecular weight is 225 g/mol. The van der Waals surface area contributed by atoms with Gasteiger partial charge in [0.2, 0.25) is 0 Å². The Labute approximate surface area is 95.8 Å². The van der Waals surface area contributed by atoms with Crippen LogP contribution in [0.25, 0.3) is 0 Å². The summed E-state index contributed by atoms with van der Waals surface area (Å²) in [5.74, 6) is 1.08. The Morgan fingerprint density at radius 1 is 1.50 bits per heavy atom. The molecule has 0 aliphatic carbocycles. The summed E-state index contributed by atoms with van der Waals surface area (Å²) in [4.78, 5) is 15.6. The quantitative estimate of drug-likeness (QED) is 0.714. The van der Waals surface area contributed by atoms with Crippen LogP contribution in [-0.2, 0) is 18.2 Å². The van der Waals surface area contributed by atoms with E-state index in [-0.39, 0.29) is 5.82 Å². The van der Waals surface area contributed by atoms with E-state index >= 15 is 0 Å². The molecule has 5 nitrogen and oxygen atoms in total. The van der Waals surface area contributed by atoms with E-state index in [2.05, 4.69) is 23.9 Å². The van der Waals surface area contributed by atoms with Crippen LogP contribution in [0.3, 0.4) is 0 Å². The van der Waals surface area contributed by atoms with E-state index in [0.717, 1.165) is 18.7 Å². The van der Waals surface area contributed by atoms with Gasteiger partial charge in [0.05, 0.1) is 6.61 Å². The van der Waals surface area contributed by atoms with Gasteiger partial charge in [0, 0.05) is 13.5 Å². The van der Waals surface area contributed by atoms with Crippen LogP contribution in [-0.4, -0.2) is 27.3 Å². The topological polar surface area (TPSA) is 57.0 Å². The maximum atomic E-state index is 11.4. The van der Waals surface area contributed by atoms with Crippen LogP contribution in [0, 0.1) is 5.92 Å². The second-order valence-electron chi connectivity index (χ2n) is 3.91. The molecule has 0 spiro atoms. The molecule has 0 N–H and O–H groups in total. The highest BCUT2D eigenvalue weighted by atomic mass is 16.5. The van der Waals surface area contributed by atoms with E-state index in [9.17, 15) is 4.79 Å². The number of carbonyl (C=O) groups is 1. The lowest BCUT2D eigenvalue weighted by atomic mass is 10.1. The highest BCUT2D eigenvalue weighted by Crippen LogP contribution is 2.09. The molecule has 0 fully saturated rings. The third kappa shape index (κ3) is 3.05. The van der Waals surface area contributed by atoms with Crippen molar-refractivity contribution in [1.82, 2.24) is 14.8 Å². The number of rotatable bonds is 5. The normalized spacial score (nSPS) is 12.5. The summed E-state index contributed by atoms with van der Waals surface area (Å²) in [5, 5.41) is 4.05. The van der Waals surface area contributed by atoms with E-state index in [1.54, 1.807) is 18.7 Å². The van der Waals surface area contributed by atoms with Gasteiger partial charge in [0.15, 0.2) is 0 Å². The molecule has 0 saturated heterocycles. The molecular formula is C11H19N3O2. The fraction of sp³-hybridized carbons (Fsp3) is 0.727. The maximum Gasteiger partial charge on any atom is 0.378 e. The average Bonchev–Trinajstić information content (AvgIpc) is 2.61. The van der Waals surface area contributed by atoms with Crippen LogP contribution in [0.1, 0.15) is 43.6 Å². The van der Waals surface area contributed by atoms with Crippen LogP contribution in [0.15, 0.2) is 0 Å². The second-order valence-corrected chi connectivity index (χ2v) is 3.91. The second kappa shape index (κ2) is 5.63. The van der Waals surface area contributed by atoms with Crippen molar-refractivity contribution in [3.05, 3.63) is 11.6 Å². The molecule has 0 saturated carbocycles. The number of hydrogen-bond acceptors (Lipinski definition) is 4. The molecule has 0 radical (unpaired) electrons. The van der Waals surface area contributed by atoms with Crippen molar-refractivity contribution in [1.29, 1.82) is 0 Å². The van der Waals surface area contributed by atoms with Crippen molar-refractivity contribution in [3.63, 3.8) is 0 Å². The molecule has 0 aliphatic heterocycles. The van der Waals surface area contributed by atoms with Gasteiger partial charge < -0.3 is 4.74 Å². The molecule has 0 amide bonds. The van der Waals surface area contributed by atoms with Gasteiger partial charge in [-0.1, -0.05) is 20.3 Å². The highest BCUT2D eigenvalue weighted by molar-refractivity contribution is 5.84. The Morgan fingerprint density at radius 3 is 2.75 bits per heavy atom. The molecule has 1 aromatic heterocycles. The zero-order chi connectivity index (χ0) is 12.1. The fourth-order valence-electron chi connectivity index (χ4n) is 1.33. The predicted octanol–water partition coefficient (Wildman–Crippen LogP) is 1.58. The molecule has 1 aromatic rings. The van der Waals surface area contributed by atoms with Gasteiger partial charge >= 0.3 is 5.97 Å². The Hall–Kier alpha value is -1.39. The van der Waals surface area contributed by atoms with Crippen molar-refractivity contribution in [2.75, 3.05) is 6.61 Å². The third-order valence-corrected chi connectivity index (χ3v) is 2.54. The Kier molecular flexibility index (Phi) is 4.46. The number of hydrogen-bond donors (Lipinski definition) is 0. The van der Waals surface area contributed by atoms with Crippen LogP contribution in [0.4, 0.5) is 0 Å². The SMILES string of the molecule is CCOC(=O)c1nc(CC(C)CC)n(C)n1. The number of esters is 1. The first-order valence-corrected chi connectivity index (χ1v) is 5.65. The first kappa shape index (κ1) is 12.7. The predicted molar refractivity (Wildman–Crippen MR) is 60.1 cm³/mol. The summed E-state index contributed by atoms with van der Waals surface area (Å²) in [6.07, 6.45) is 1.92. The van der Waals surface area contributed by atoms with Crippen molar-refractivity contribution in [2.45, 2.75) is 33.6 Å². The molecule has 1 unspecified atom stereocenters. The Bertz CT molecular complexity index is 360. The largest absolute Gasteiger partial charge is 0.460 e. The molecule has 1 atom stereocenters. The van der Waals surface area contributed by atoms with Crippen molar-refractivity contribution in [3.8, 4) is 0 Å². The lowest BCUT2D eigenvalue weighted by molar-refractivity contribution is 0.0511. The molecule has 5 heteroatoms. The molecular weight excluding hydrogens is 206 g/mol. The van der Waals surface area contributed by atoms with E-state index in [1.165, 1.54) is 0 Å². The van der Waals surface area contributed by atoms with Gasteiger partial charge in [-0.25, -0.2) is 9.78 Å². The minimum atomic E-state index is -0.450. The summed E-state index contributed by atoms with van der Waals surface area (Å²) in [5.41, 5.74) is 0. The molecule has 0 aliphatic rings. The molecule has 1 rings (SSSR count). The van der Waals surface area contributed by atoms with E-state index < -0.39 is 5.97 Å². The zero-order valence-electron chi connectivity index (χ0n) is 10.4. The van der Waals surface area contributed by atoms with E-state index in [0.29, 0.717) is 12.5 Å². The third-order valence-electron chi connectivity index (χ3n) is 2.54. The monoisotopic (exact) mass is 225 g/mol. The van der Waals surface area contributed by atoms with E-state index in [4.69, 9.17) is 4.74 Å². The molecule has 90 valence electrons. The molecule has 1 heterocycles. The Balaban J connectivity index is 2.77. The van der Waals surface area contributed by atoms with Crippen LogP contribution in [0.5, 0.6) is 0 Å². The van der Waals surface area contributed by atoms with Crippen molar-refractivity contribution >= 4 is 5.97 Å². The number of ether oxygens (including phenoxy) is 1. The highest BCUT2D eigenvalue weighted by Gasteiger charge is 2.16. The summed E-state index contributed by atoms with van der Waals surface area (Å²) in [6, 6.07) is 0. The molecule has 0 bridgehead atoms. The van der Waals surface area contributed by atoms with Gasteiger partial charge in [0.25, 0.3) is 5.82 Å². The van der Waals surface area contributed by atoms with Gasteiger partial charge in [-0.3, -0.25) is 4.68 Å². The van der Waals surface area contributed by atoms with Crippen molar-refractivity contribution < 1.29 is 9.53 Å². The lowest BCUT2D eigenvalue weighted by Gasteiger charge is -2.05. The molecule has 0 aromatic carbocycles. The lowest BCUT2D eigenvalue weighted by Crippen LogP contribution is -2.07. The zero-order valence-corrected chi connectivity index (χ0v) is 10.4. The van der Waals surface area contributed by atoms with Crippen LogP contribution >= 0.6 is 0 Å². The number of aromatic nitrogens is 3. The summed E-state index contributed by atoms with van der Waals surface area (Å²) in [6.45, 7) is 6.39. The number of aryl methyl sites for hydroxylation is 1. The minimum Gasteiger partial charge on any atom is -0.460 e. The number of nitrogens with zero attached hydrogens (tertiary/aromatic N) is 3. The number of carbonyl (C=O) groups excluding carboxylic acids is 1. The summed E-state index contributed by atoms with van der Waals surface area (Å²) < 4.78 is 6.50. The smallest absolute Gasteiger partial charge is 0.378 e. The van der Waals surface area contributed by atoms with Gasteiger partial charge in [0.1, 0.15) is 5.82 Å². The van der Waals surface area contributed by atoms with Crippen LogP contribution in [0.2, 0.25) is 0 Å². The maximum absolute atomic E-state index is 11.4. The first-order chi connectivity index (χ1) is 7.58. The summed E-state index contributed by atoms with van der Waals surface area (Å²) >= 11 is 0. The van der Waals surface area contributed by atoms with Crippen molar-refractivity contribution in [2.24, 2.45) is 13.0 Å². The first-order valence-electron chi connectivity index (χ1n) is 5.65. The van der Waals surface area contributed by atoms with Gasteiger partial charge in [-0.05, 0) is 12.8 Å². The van der Waals surface area contributed by atoms with Crippen LogP contribution < -0.4 is 0 Å². The van der Waals surface area contributed by atoms with Gasteiger partial charge in [-0.2, -0.15) is 0 Å². The summed E-state index contributed by atoms with van der Waals surface area (Å²) in [7, 11) is 1.80. The Morgan fingerprint density at radius 2 is 2.19 bits per heavy atom.